The van der Waals surface area contributed by atoms with Crippen molar-refractivity contribution in [2.24, 2.45) is 0 Å². The van der Waals surface area contributed by atoms with Crippen molar-refractivity contribution in [2.75, 3.05) is 5.75 Å². The largest absolute Gasteiger partial charge is 0.126 e. The third kappa shape index (κ3) is 3.31. The van der Waals surface area contributed by atoms with Crippen LogP contribution in [0.4, 0.5) is 0 Å². The fourth-order valence-corrected chi connectivity index (χ4v) is 1.97. The van der Waals surface area contributed by atoms with E-state index in [1.54, 1.807) is 0 Å². The van der Waals surface area contributed by atoms with Gasteiger partial charge in [-0.05, 0) is 31.2 Å². The van der Waals surface area contributed by atoms with E-state index in [0.29, 0.717) is 0 Å². The molecule has 0 spiro atoms. The number of unbranched alkanes of at least 4 members (excludes halogenated alkanes) is 1. The smallest absolute Gasteiger partial charge is 0.00721 e. The Morgan fingerprint density at radius 2 is 1.83 bits per heavy atom. The van der Waals surface area contributed by atoms with E-state index in [1.807, 2.05) is 11.8 Å². The first-order valence-corrected chi connectivity index (χ1v) is 5.51. The summed E-state index contributed by atoms with van der Waals surface area (Å²) in [7, 11) is 0. The second-order valence-electron chi connectivity index (χ2n) is 3.02. The van der Waals surface area contributed by atoms with Gasteiger partial charge in [-0.1, -0.05) is 31.0 Å². The van der Waals surface area contributed by atoms with E-state index in [-0.39, 0.29) is 0 Å². The predicted molar refractivity (Wildman–Crippen MR) is 56.8 cm³/mol. The first-order chi connectivity index (χ1) is 5.83. The maximum absolute atomic E-state index is 2.23. The van der Waals surface area contributed by atoms with Crippen LogP contribution < -0.4 is 0 Å². The van der Waals surface area contributed by atoms with Crippen molar-refractivity contribution in [1.82, 2.24) is 0 Å². The highest BCUT2D eigenvalue weighted by atomic mass is 32.2. The summed E-state index contributed by atoms with van der Waals surface area (Å²) in [6, 6.07) is 8.76. The lowest BCUT2D eigenvalue weighted by Gasteiger charge is -2.00. The minimum atomic E-state index is 1.25. The van der Waals surface area contributed by atoms with Crippen LogP contribution in [0.1, 0.15) is 25.3 Å². The lowest BCUT2D eigenvalue weighted by atomic mass is 10.2. The van der Waals surface area contributed by atoms with Crippen molar-refractivity contribution in [3.8, 4) is 0 Å². The molecule has 1 heteroatoms. The van der Waals surface area contributed by atoms with E-state index in [1.165, 1.54) is 29.1 Å². The van der Waals surface area contributed by atoms with E-state index >= 15 is 0 Å². The van der Waals surface area contributed by atoms with Gasteiger partial charge < -0.3 is 0 Å². The zero-order chi connectivity index (χ0) is 8.81. The highest BCUT2D eigenvalue weighted by Gasteiger charge is 1.91. The topological polar surface area (TPSA) is 0 Å². The fraction of sp³-hybridized carbons (Fsp3) is 0.455. The molecular formula is C11H16S. The molecule has 0 nitrogen and oxygen atoms in total. The van der Waals surface area contributed by atoms with E-state index in [0.717, 1.165) is 0 Å². The average Bonchev–Trinajstić information content (AvgIpc) is 2.09. The second-order valence-corrected chi connectivity index (χ2v) is 4.18. The van der Waals surface area contributed by atoms with Gasteiger partial charge in [0.2, 0.25) is 0 Å². The predicted octanol–water partition coefficient (Wildman–Crippen LogP) is 3.89. The Labute approximate surface area is 79.4 Å². The van der Waals surface area contributed by atoms with Crippen molar-refractivity contribution < 1.29 is 0 Å². The van der Waals surface area contributed by atoms with Crippen LogP contribution in [-0.4, -0.2) is 5.75 Å². The minimum absolute atomic E-state index is 1.25. The summed E-state index contributed by atoms with van der Waals surface area (Å²) in [6.45, 7) is 4.36. The normalized spacial score (nSPS) is 10.2. The number of aryl methyl sites for hydroxylation is 1. The molecule has 1 aromatic rings. The molecule has 0 bridgehead atoms. The molecule has 0 aliphatic carbocycles. The maximum Gasteiger partial charge on any atom is 0.00721 e. The standard InChI is InChI=1S/C11H16S/c1-3-4-9-12-11-7-5-10(2)6-8-11/h5-8H,3-4,9H2,1-2H3. The zero-order valence-electron chi connectivity index (χ0n) is 7.84. The molecule has 0 heterocycles. The molecule has 0 atom stereocenters. The van der Waals surface area contributed by atoms with Gasteiger partial charge in [0.25, 0.3) is 0 Å². The first kappa shape index (κ1) is 9.66. The summed E-state index contributed by atoms with van der Waals surface area (Å²) in [4.78, 5) is 1.40. The first-order valence-electron chi connectivity index (χ1n) is 4.52. The molecule has 0 unspecified atom stereocenters. The summed E-state index contributed by atoms with van der Waals surface area (Å²) in [5.41, 5.74) is 1.34. The third-order valence-electron chi connectivity index (χ3n) is 1.79. The number of hydrogen-bond donors (Lipinski definition) is 0. The van der Waals surface area contributed by atoms with Gasteiger partial charge in [0.1, 0.15) is 0 Å². The van der Waals surface area contributed by atoms with Gasteiger partial charge >= 0.3 is 0 Å². The molecule has 12 heavy (non-hydrogen) atoms. The molecule has 0 aliphatic rings. The molecule has 0 radical (unpaired) electrons. The quantitative estimate of drug-likeness (QED) is 0.500. The van der Waals surface area contributed by atoms with Gasteiger partial charge in [-0.15, -0.1) is 11.8 Å². The van der Waals surface area contributed by atoms with Crippen LogP contribution in [0.15, 0.2) is 29.2 Å². The Bertz CT molecular complexity index is 213. The van der Waals surface area contributed by atoms with Gasteiger partial charge in [-0.2, -0.15) is 0 Å². The number of rotatable bonds is 4. The average molecular weight is 180 g/mol. The summed E-state index contributed by atoms with van der Waals surface area (Å²) >= 11 is 1.95. The zero-order valence-corrected chi connectivity index (χ0v) is 8.66. The summed E-state index contributed by atoms with van der Waals surface area (Å²) in [5, 5.41) is 0. The Balaban J connectivity index is 2.37. The van der Waals surface area contributed by atoms with Crippen LogP contribution in [0.2, 0.25) is 0 Å². The van der Waals surface area contributed by atoms with Crippen molar-refractivity contribution >= 4 is 11.8 Å². The number of benzene rings is 1. The van der Waals surface area contributed by atoms with Gasteiger partial charge in [-0.25, -0.2) is 0 Å². The lowest BCUT2D eigenvalue weighted by Crippen LogP contribution is -1.78. The molecular weight excluding hydrogens is 164 g/mol. The van der Waals surface area contributed by atoms with Crippen molar-refractivity contribution in [3.05, 3.63) is 29.8 Å². The van der Waals surface area contributed by atoms with Crippen molar-refractivity contribution in [1.29, 1.82) is 0 Å². The number of hydrogen-bond acceptors (Lipinski definition) is 1. The van der Waals surface area contributed by atoms with Crippen molar-refractivity contribution in [3.63, 3.8) is 0 Å². The lowest BCUT2D eigenvalue weighted by molar-refractivity contribution is 0.896. The second kappa shape index (κ2) is 5.26. The summed E-state index contributed by atoms with van der Waals surface area (Å²) in [6.07, 6.45) is 2.61. The van der Waals surface area contributed by atoms with E-state index in [9.17, 15) is 0 Å². The Morgan fingerprint density at radius 3 is 2.42 bits per heavy atom. The van der Waals surface area contributed by atoms with Crippen LogP contribution in [0.25, 0.3) is 0 Å². The van der Waals surface area contributed by atoms with Gasteiger partial charge in [0.05, 0.1) is 0 Å². The van der Waals surface area contributed by atoms with Crippen LogP contribution in [-0.2, 0) is 0 Å². The molecule has 0 aromatic heterocycles. The SMILES string of the molecule is CCCCSc1ccc(C)cc1. The van der Waals surface area contributed by atoms with Crippen LogP contribution in [0.3, 0.4) is 0 Å². The molecule has 0 N–H and O–H groups in total. The Kier molecular flexibility index (Phi) is 4.23. The van der Waals surface area contributed by atoms with Crippen LogP contribution >= 0.6 is 11.8 Å². The highest BCUT2D eigenvalue weighted by molar-refractivity contribution is 7.99. The van der Waals surface area contributed by atoms with Crippen molar-refractivity contribution in [2.45, 2.75) is 31.6 Å². The minimum Gasteiger partial charge on any atom is -0.126 e. The Morgan fingerprint density at radius 1 is 1.17 bits per heavy atom. The summed E-state index contributed by atoms with van der Waals surface area (Å²) in [5.74, 6) is 1.25. The van der Waals surface area contributed by atoms with E-state index in [4.69, 9.17) is 0 Å². The molecule has 66 valence electrons. The molecule has 0 saturated heterocycles. The van der Waals surface area contributed by atoms with Crippen LogP contribution in [0.5, 0.6) is 0 Å². The molecule has 1 rings (SSSR count). The molecule has 0 amide bonds. The maximum atomic E-state index is 2.23. The van der Waals surface area contributed by atoms with Gasteiger partial charge in [0.15, 0.2) is 0 Å². The fourth-order valence-electron chi connectivity index (χ4n) is 0.969. The van der Waals surface area contributed by atoms with E-state index in [2.05, 4.69) is 38.1 Å². The van der Waals surface area contributed by atoms with Gasteiger partial charge in [0, 0.05) is 4.90 Å². The van der Waals surface area contributed by atoms with Crippen LogP contribution in [0, 0.1) is 6.92 Å². The van der Waals surface area contributed by atoms with E-state index < -0.39 is 0 Å². The molecule has 0 saturated carbocycles. The monoisotopic (exact) mass is 180 g/mol. The summed E-state index contributed by atoms with van der Waals surface area (Å²) < 4.78 is 0. The molecule has 0 fully saturated rings. The number of thioether (sulfide) groups is 1. The van der Waals surface area contributed by atoms with Gasteiger partial charge in [-0.3, -0.25) is 0 Å². The Hall–Kier alpha value is -0.430. The third-order valence-corrected chi connectivity index (χ3v) is 2.89. The molecule has 0 aliphatic heterocycles. The molecule has 1 aromatic carbocycles. The highest BCUT2D eigenvalue weighted by Crippen LogP contribution is 2.19.